The molecular formula is C11H10BrNO4. The standard InChI is InChI=1S/C11H10BrNO4/c1-2-17-11(14)6-4-8-3-5-9(12)7-10(8)13(15)16/h3-7H,2H2,1H3/b6-4+. The van der Waals surface area contributed by atoms with Crippen molar-refractivity contribution in [2.75, 3.05) is 6.61 Å². The van der Waals surface area contributed by atoms with Crippen molar-refractivity contribution in [3.05, 3.63) is 44.4 Å². The summed E-state index contributed by atoms with van der Waals surface area (Å²) in [6.07, 6.45) is 2.53. The van der Waals surface area contributed by atoms with E-state index in [-0.39, 0.29) is 12.3 Å². The number of nitro groups is 1. The molecule has 0 amide bonds. The van der Waals surface area contributed by atoms with E-state index in [1.165, 1.54) is 18.2 Å². The molecule has 0 saturated heterocycles. The summed E-state index contributed by atoms with van der Waals surface area (Å²) in [6.45, 7) is 1.96. The number of carbonyl (C=O) groups is 1. The van der Waals surface area contributed by atoms with E-state index in [0.717, 1.165) is 0 Å². The zero-order valence-corrected chi connectivity index (χ0v) is 10.6. The lowest BCUT2D eigenvalue weighted by molar-refractivity contribution is -0.385. The minimum Gasteiger partial charge on any atom is -0.463 e. The van der Waals surface area contributed by atoms with Gasteiger partial charge in [0.2, 0.25) is 0 Å². The summed E-state index contributed by atoms with van der Waals surface area (Å²) in [5.41, 5.74) is 0.283. The van der Waals surface area contributed by atoms with Crippen molar-refractivity contribution >= 4 is 33.7 Å². The molecule has 0 radical (unpaired) electrons. The number of halogens is 1. The van der Waals surface area contributed by atoms with Gasteiger partial charge in [0.05, 0.1) is 17.1 Å². The van der Waals surface area contributed by atoms with Gasteiger partial charge in [0.15, 0.2) is 0 Å². The Kier molecular flexibility index (Phi) is 4.84. The number of nitrogens with zero attached hydrogens (tertiary/aromatic N) is 1. The predicted octanol–water partition coefficient (Wildman–Crippen LogP) is 2.93. The van der Waals surface area contributed by atoms with E-state index in [4.69, 9.17) is 0 Å². The molecule has 0 spiro atoms. The fourth-order valence-corrected chi connectivity index (χ4v) is 1.51. The fourth-order valence-electron chi connectivity index (χ4n) is 1.16. The predicted molar refractivity (Wildman–Crippen MR) is 66.5 cm³/mol. The quantitative estimate of drug-likeness (QED) is 0.371. The average molecular weight is 300 g/mol. The Bertz CT molecular complexity index is 471. The highest BCUT2D eigenvalue weighted by Gasteiger charge is 2.11. The summed E-state index contributed by atoms with van der Waals surface area (Å²) in [6, 6.07) is 4.60. The Morgan fingerprint density at radius 1 is 1.59 bits per heavy atom. The molecule has 0 aliphatic rings. The van der Waals surface area contributed by atoms with Gasteiger partial charge in [-0.25, -0.2) is 4.79 Å². The van der Waals surface area contributed by atoms with E-state index in [1.807, 2.05) is 0 Å². The monoisotopic (exact) mass is 299 g/mol. The minimum atomic E-state index is -0.523. The molecule has 0 atom stereocenters. The van der Waals surface area contributed by atoms with Gasteiger partial charge >= 0.3 is 5.97 Å². The van der Waals surface area contributed by atoms with Gasteiger partial charge in [-0.3, -0.25) is 10.1 Å². The molecule has 5 nitrogen and oxygen atoms in total. The second-order valence-corrected chi connectivity index (χ2v) is 3.96. The summed E-state index contributed by atoms with van der Waals surface area (Å²) in [5, 5.41) is 10.8. The van der Waals surface area contributed by atoms with Gasteiger partial charge in [-0.1, -0.05) is 15.9 Å². The summed E-state index contributed by atoms with van der Waals surface area (Å²) >= 11 is 3.15. The van der Waals surface area contributed by atoms with E-state index in [9.17, 15) is 14.9 Å². The molecule has 0 aliphatic carbocycles. The maximum atomic E-state index is 11.1. The number of esters is 1. The highest BCUT2D eigenvalue weighted by molar-refractivity contribution is 9.10. The van der Waals surface area contributed by atoms with Crippen LogP contribution in [0.3, 0.4) is 0 Å². The van der Waals surface area contributed by atoms with Gasteiger partial charge in [0, 0.05) is 16.6 Å². The van der Waals surface area contributed by atoms with Crippen LogP contribution in [-0.2, 0) is 9.53 Å². The number of ether oxygens (including phenoxy) is 1. The van der Waals surface area contributed by atoms with Gasteiger partial charge in [-0.2, -0.15) is 0 Å². The van der Waals surface area contributed by atoms with Crippen molar-refractivity contribution in [3.8, 4) is 0 Å². The third-order valence-corrected chi connectivity index (χ3v) is 2.37. The molecule has 17 heavy (non-hydrogen) atoms. The first-order valence-corrected chi connectivity index (χ1v) is 5.62. The second-order valence-electron chi connectivity index (χ2n) is 3.05. The van der Waals surface area contributed by atoms with E-state index < -0.39 is 10.9 Å². The largest absolute Gasteiger partial charge is 0.463 e. The summed E-state index contributed by atoms with van der Waals surface area (Å²) in [7, 11) is 0. The van der Waals surface area contributed by atoms with Crippen LogP contribution in [0.4, 0.5) is 5.69 Å². The first kappa shape index (κ1) is 13.4. The van der Waals surface area contributed by atoms with Crippen LogP contribution in [0.15, 0.2) is 28.7 Å². The molecule has 0 saturated carbocycles. The average Bonchev–Trinajstić information content (AvgIpc) is 2.27. The lowest BCUT2D eigenvalue weighted by Crippen LogP contribution is -1.99. The molecule has 0 aliphatic heterocycles. The van der Waals surface area contributed by atoms with Gasteiger partial charge in [-0.15, -0.1) is 0 Å². The molecule has 90 valence electrons. The zero-order chi connectivity index (χ0) is 12.8. The molecule has 6 heteroatoms. The molecule has 1 aromatic rings. The van der Waals surface area contributed by atoms with Crippen LogP contribution >= 0.6 is 15.9 Å². The van der Waals surface area contributed by atoms with Crippen LogP contribution in [0, 0.1) is 10.1 Å². The number of benzene rings is 1. The van der Waals surface area contributed by atoms with Crippen molar-refractivity contribution in [2.24, 2.45) is 0 Å². The number of carbonyl (C=O) groups excluding carboxylic acids is 1. The van der Waals surface area contributed by atoms with Gasteiger partial charge in [0.25, 0.3) is 5.69 Å². The Labute approximate surface area is 106 Å². The Morgan fingerprint density at radius 3 is 2.88 bits per heavy atom. The summed E-state index contributed by atoms with van der Waals surface area (Å²) < 4.78 is 5.29. The van der Waals surface area contributed by atoms with Crippen molar-refractivity contribution in [1.29, 1.82) is 0 Å². The van der Waals surface area contributed by atoms with E-state index in [2.05, 4.69) is 20.7 Å². The maximum Gasteiger partial charge on any atom is 0.330 e. The van der Waals surface area contributed by atoms with Gasteiger partial charge in [-0.05, 0) is 25.1 Å². The van der Waals surface area contributed by atoms with Crippen LogP contribution in [0.5, 0.6) is 0 Å². The lowest BCUT2D eigenvalue weighted by Gasteiger charge is -1.98. The van der Waals surface area contributed by atoms with Crippen LogP contribution in [0.1, 0.15) is 12.5 Å². The molecular weight excluding hydrogens is 290 g/mol. The summed E-state index contributed by atoms with van der Waals surface area (Å²) in [5.74, 6) is -0.523. The molecule has 0 fully saturated rings. The Morgan fingerprint density at radius 2 is 2.29 bits per heavy atom. The zero-order valence-electron chi connectivity index (χ0n) is 9.05. The highest BCUT2D eigenvalue weighted by Crippen LogP contribution is 2.24. The minimum absolute atomic E-state index is 0.0695. The van der Waals surface area contributed by atoms with Gasteiger partial charge < -0.3 is 4.74 Å². The van der Waals surface area contributed by atoms with Crippen LogP contribution in [-0.4, -0.2) is 17.5 Å². The molecule has 0 aromatic heterocycles. The molecule has 0 unspecified atom stereocenters. The highest BCUT2D eigenvalue weighted by atomic mass is 79.9. The topological polar surface area (TPSA) is 69.4 Å². The Balaban J connectivity index is 2.98. The lowest BCUT2D eigenvalue weighted by atomic mass is 10.1. The number of rotatable bonds is 4. The smallest absolute Gasteiger partial charge is 0.330 e. The molecule has 0 N–H and O–H groups in total. The second kappa shape index (κ2) is 6.15. The number of hydrogen-bond acceptors (Lipinski definition) is 4. The third-order valence-electron chi connectivity index (χ3n) is 1.87. The fraction of sp³-hybridized carbons (Fsp3) is 0.182. The molecule has 0 bridgehead atoms. The Hall–Kier alpha value is -1.69. The SMILES string of the molecule is CCOC(=O)/C=C/c1ccc(Br)cc1[N+](=O)[O-]. The number of nitro benzene ring substituents is 1. The van der Waals surface area contributed by atoms with Gasteiger partial charge in [0.1, 0.15) is 0 Å². The van der Waals surface area contributed by atoms with Crippen LogP contribution in [0.25, 0.3) is 6.08 Å². The first-order valence-electron chi connectivity index (χ1n) is 4.83. The maximum absolute atomic E-state index is 11.1. The van der Waals surface area contributed by atoms with Crippen molar-refractivity contribution in [3.63, 3.8) is 0 Å². The first-order chi connectivity index (χ1) is 8.04. The van der Waals surface area contributed by atoms with Crippen LogP contribution in [0.2, 0.25) is 0 Å². The summed E-state index contributed by atoms with van der Waals surface area (Å²) in [4.78, 5) is 21.4. The molecule has 1 aromatic carbocycles. The van der Waals surface area contributed by atoms with Crippen LogP contribution < -0.4 is 0 Å². The van der Waals surface area contributed by atoms with Crippen molar-refractivity contribution in [1.82, 2.24) is 0 Å². The van der Waals surface area contributed by atoms with Crippen molar-refractivity contribution in [2.45, 2.75) is 6.92 Å². The number of hydrogen-bond donors (Lipinski definition) is 0. The molecule has 1 rings (SSSR count). The van der Waals surface area contributed by atoms with E-state index >= 15 is 0 Å². The normalized spacial score (nSPS) is 10.5. The van der Waals surface area contributed by atoms with E-state index in [1.54, 1.807) is 19.1 Å². The molecule has 0 heterocycles. The van der Waals surface area contributed by atoms with E-state index in [0.29, 0.717) is 10.0 Å². The third kappa shape index (κ3) is 3.99. The van der Waals surface area contributed by atoms with Crippen molar-refractivity contribution < 1.29 is 14.5 Å².